The number of carbonyl (C=O) groups excluding carboxylic acids is 3. The fraction of sp³-hybridized carbons (Fsp3) is 0.300. The number of aromatic nitrogens is 1. The van der Waals surface area contributed by atoms with Crippen LogP contribution in [0.15, 0.2) is 42.7 Å². The highest BCUT2D eigenvalue weighted by Gasteiger charge is 2.37. The number of ether oxygens (including phenoxy) is 2. The second-order valence-electron chi connectivity index (χ2n) is 6.64. The zero-order chi connectivity index (χ0) is 21.5. The van der Waals surface area contributed by atoms with Crippen LogP contribution in [0.5, 0.6) is 5.75 Å². The quantitative estimate of drug-likeness (QED) is 0.390. The second-order valence-corrected chi connectivity index (χ2v) is 6.64. The van der Waals surface area contributed by atoms with Crippen molar-refractivity contribution in [2.24, 2.45) is 0 Å². The third-order valence-corrected chi connectivity index (χ3v) is 4.49. The van der Waals surface area contributed by atoms with Crippen molar-refractivity contribution >= 4 is 25.0 Å². The van der Waals surface area contributed by atoms with E-state index >= 15 is 0 Å². The number of hydrogen-bond donors (Lipinski definition) is 2. The zero-order valence-electron chi connectivity index (χ0n) is 16.4. The molecular weight excluding hydrogens is 391 g/mol. The number of amides is 1. The van der Waals surface area contributed by atoms with Crippen molar-refractivity contribution in [1.29, 1.82) is 0 Å². The summed E-state index contributed by atoms with van der Waals surface area (Å²) >= 11 is 0. The zero-order valence-corrected chi connectivity index (χ0v) is 16.4. The molecule has 2 aromatic rings. The number of pyridine rings is 1. The van der Waals surface area contributed by atoms with Crippen molar-refractivity contribution in [3.05, 3.63) is 59.4 Å². The highest BCUT2D eigenvalue weighted by molar-refractivity contribution is 6.47. The predicted molar refractivity (Wildman–Crippen MR) is 105 cm³/mol. The third-order valence-electron chi connectivity index (χ3n) is 4.49. The molecule has 1 unspecified atom stereocenters. The molecule has 1 amide bonds. The van der Waals surface area contributed by atoms with E-state index in [2.05, 4.69) is 10.3 Å². The molecule has 0 saturated heterocycles. The number of fused-ring (bicyclic) bond motifs is 1. The molecule has 9 nitrogen and oxygen atoms in total. The molecule has 1 aliphatic rings. The summed E-state index contributed by atoms with van der Waals surface area (Å²) in [6.45, 7) is 1.15. The Kier molecular flexibility index (Phi) is 7.02. The van der Waals surface area contributed by atoms with E-state index in [0.29, 0.717) is 17.5 Å². The summed E-state index contributed by atoms with van der Waals surface area (Å²) in [7, 11) is -1.31. The number of para-hydroxylation sites is 1. The molecule has 0 radical (unpaired) electrons. The molecule has 0 fully saturated rings. The Balaban J connectivity index is 1.58. The number of nitrogens with one attached hydrogen (secondary N) is 1. The minimum Gasteiger partial charge on any atom is -0.534 e. The molecule has 2 N–H and O–H groups in total. The van der Waals surface area contributed by atoms with Crippen LogP contribution in [0, 0.1) is 0 Å². The van der Waals surface area contributed by atoms with Crippen LogP contribution in [0.3, 0.4) is 0 Å². The molecule has 3 rings (SSSR count). The van der Waals surface area contributed by atoms with E-state index in [1.807, 2.05) is 0 Å². The molecule has 1 aliphatic heterocycles. The number of carbonyl (C=O) groups is 3. The van der Waals surface area contributed by atoms with Gasteiger partial charge in [-0.2, -0.15) is 0 Å². The molecule has 10 heteroatoms. The van der Waals surface area contributed by atoms with Crippen molar-refractivity contribution in [3.63, 3.8) is 0 Å². The van der Waals surface area contributed by atoms with Crippen molar-refractivity contribution in [3.8, 4) is 5.75 Å². The van der Waals surface area contributed by atoms with E-state index in [9.17, 15) is 19.4 Å². The Morgan fingerprint density at radius 1 is 1.27 bits per heavy atom. The topological polar surface area (TPSA) is 124 Å². The fourth-order valence-corrected chi connectivity index (χ4v) is 2.96. The van der Waals surface area contributed by atoms with Crippen molar-refractivity contribution in [2.75, 3.05) is 6.79 Å². The molecule has 0 bridgehead atoms. The van der Waals surface area contributed by atoms with Crippen LogP contribution in [-0.4, -0.2) is 47.7 Å². The average Bonchev–Trinajstić information content (AvgIpc) is 2.74. The average molecular weight is 412 g/mol. The summed E-state index contributed by atoms with van der Waals surface area (Å²) in [6.07, 6.45) is 3.72. The summed E-state index contributed by atoms with van der Waals surface area (Å²) in [5.41, 5.74) is 1.41. The maximum absolute atomic E-state index is 12.4. The van der Waals surface area contributed by atoms with E-state index in [1.54, 1.807) is 43.6 Å². The molecular formula is C20H21BN2O7. The fourth-order valence-electron chi connectivity index (χ4n) is 2.96. The Bertz CT molecular complexity index is 923. The first-order chi connectivity index (χ1) is 14.5. The summed E-state index contributed by atoms with van der Waals surface area (Å²) in [4.78, 5) is 39.7. The van der Waals surface area contributed by atoms with Crippen molar-refractivity contribution < 1.29 is 33.5 Å². The second kappa shape index (κ2) is 9.88. The van der Waals surface area contributed by atoms with Crippen LogP contribution >= 0.6 is 0 Å². The maximum atomic E-state index is 12.4. The smallest absolute Gasteiger partial charge is 0.534 e. The first kappa shape index (κ1) is 21.3. The van der Waals surface area contributed by atoms with Gasteiger partial charge in [0.05, 0.1) is 12.4 Å². The SMILES string of the molecule is CCC(=O)NC1Cc2cccc(C(=O)OCOC(=O)Cc3cccnc3)c2OB1O. The van der Waals surface area contributed by atoms with E-state index < -0.39 is 31.8 Å². The van der Waals surface area contributed by atoms with Gasteiger partial charge in [0.15, 0.2) is 0 Å². The van der Waals surface area contributed by atoms with Gasteiger partial charge in [0.25, 0.3) is 0 Å². The lowest BCUT2D eigenvalue weighted by Gasteiger charge is -2.29. The third kappa shape index (κ3) is 5.35. The number of rotatable bonds is 7. The van der Waals surface area contributed by atoms with E-state index in [-0.39, 0.29) is 30.1 Å². The van der Waals surface area contributed by atoms with Gasteiger partial charge in [-0.15, -0.1) is 0 Å². The first-order valence-electron chi connectivity index (χ1n) is 9.45. The molecule has 1 aromatic carbocycles. The lowest BCUT2D eigenvalue weighted by atomic mass is 9.72. The highest BCUT2D eigenvalue weighted by Crippen LogP contribution is 2.30. The minimum absolute atomic E-state index is 0.00625. The van der Waals surface area contributed by atoms with Crippen LogP contribution in [0.25, 0.3) is 0 Å². The van der Waals surface area contributed by atoms with Gasteiger partial charge in [0, 0.05) is 18.8 Å². The normalized spacial score (nSPS) is 14.9. The number of nitrogens with zero attached hydrogens (tertiary/aromatic N) is 1. The number of esters is 2. The molecule has 156 valence electrons. The minimum atomic E-state index is -1.31. The lowest BCUT2D eigenvalue weighted by molar-refractivity contribution is -0.151. The van der Waals surface area contributed by atoms with Crippen LogP contribution in [0.1, 0.15) is 34.8 Å². The van der Waals surface area contributed by atoms with E-state index in [0.717, 1.165) is 0 Å². The summed E-state index contributed by atoms with van der Waals surface area (Å²) in [5.74, 6) is -1.98. The van der Waals surface area contributed by atoms with Crippen LogP contribution < -0.4 is 9.97 Å². The van der Waals surface area contributed by atoms with Crippen LogP contribution in [0.4, 0.5) is 0 Å². The van der Waals surface area contributed by atoms with Gasteiger partial charge in [0.2, 0.25) is 12.7 Å². The summed E-state index contributed by atoms with van der Waals surface area (Å²) < 4.78 is 15.4. The van der Waals surface area contributed by atoms with Gasteiger partial charge >= 0.3 is 19.1 Å². The lowest BCUT2D eigenvalue weighted by Crippen LogP contribution is -2.53. The molecule has 0 saturated carbocycles. The van der Waals surface area contributed by atoms with E-state index in [4.69, 9.17) is 14.1 Å². The van der Waals surface area contributed by atoms with E-state index in [1.165, 1.54) is 6.07 Å². The predicted octanol–water partition coefficient (Wildman–Crippen LogP) is 0.831. The molecule has 2 heterocycles. The largest absolute Gasteiger partial charge is 0.547 e. The molecule has 1 atom stereocenters. The summed E-state index contributed by atoms with van der Waals surface area (Å²) in [5, 5.41) is 12.9. The van der Waals surface area contributed by atoms with Crippen LogP contribution in [0.2, 0.25) is 0 Å². The van der Waals surface area contributed by atoms with Crippen LogP contribution in [-0.2, 0) is 31.9 Å². The highest BCUT2D eigenvalue weighted by atomic mass is 16.7. The Hall–Kier alpha value is -3.40. The Labute approximate surface area is 173 Å². The Morgan fingerprint density at radius 2 is 2.10 bits per heavy atom. The summed E-state index contributed by atoms with van der Waals surface area (Å²) in [6, 6.07) is 8.29. The number of benzene rings is 1. The van der Waals surface area contributed by atoms with Gasteiger partial charge < -0.3 is 24.5 Å². The van der Waals surface area contributed by atoms with Crippen molar-refractivity contribution in [1.82, 2.24) is 10.3 Å². The monoisotopic (exact) mass is 412 g/mol. The maximum Gasteiger partial charge on any atom is 0.547 e. The van der Waals surface area contributed by atoms with Gasteiger partial charge in [-0.05, 0) is 29.7 Å². The molecule has 0 spiro atoms. The molecule has 1 aromatic heterocycles. The molecule has 30 heavy (non-hydrogen) atoms. The van der Waals surface area contributed by atoms with Gasteiger partial charge in [-0.25, -0.2) is 4.79 Å². The standard InChI is InChI=1S/C20H21BN2O7/c1-2-17(24)23-16-10-14-6-3-7-15(19(14)30-21(16)27)20(26)29-12-28-18(25)9-13-5-4-8-22-11-13/h3-8,11,16,27H,2,9-10,12H2,1H3,(H,23,24). The van der Waals surface area contributed by atoms with Gasteiger partial charge in [-0.1, -0.05) is 25.1 Å². The molecule has 0 aliphatic carbocycles. The Morgan fingerprint density at radius 3 is 2.83 bits per heavy atom. The number of hydrogen-bond acceptors (Lipinski definition) is 8. The van der Waals surface area contributed by atoms with Gasteiger partial charge in [-0.3, -0.25) is 14.6 Å². The van der Waals surface area contributed by atoms with Crippen molar-refractivity contribution in [2.45, 2.75) is 32.1 Å². The first-order valence-corrected chi connectivity index (χ1v) is 9.45. The van der Waals surface area contributed by atoms with Gasteiger partial charge in [0.1, 0.15) is 11.3 Å².